The van der Waals surface area contributed by atoms with E-state index >= 15 is 0 Å². The van der Waals surface area contributed by atoms with Crippen molar-refractivity contribution >= 4 is 11.4 Å². The molecule has 0 aromatic heterocycles. The maximum atomic E-state index is 14.2. The number of halogens is 1. The molecule has 1 N–H and O–H groups in total. The average Bonchev–Trinajstić information content (AvgIpc) is 2.53. The summed E-state index contributed by atoms with van der Waals surface area (Å²) < 4.78 is 14.2. The van der Waals surface area contributed by atoms with E-state index in [-0.39, 0.29) is 5.82 Å². The number of benzene rings is 2. The van der Waals surface area contributed by atoms with E-state index in [4.69, 9.17) is 0 Å². The fourth-order valence-corrected chi connectivity index (χ4v) is 3.01. The Morgan fingerprint density at radius 1 is 1.10 bits per heavy atom. The quantitative estimate of drug-likeness (QED) is 0.912. The van der Waals surface area contributed by atoms with Crippen LogP contribution < -0.4 is 10.2 Å². The van der Waals surface area contributed by atoms with Crippen molar-refractivity contribution in [3.05, 3.63) is 59.4 Å². The molecule has 0 saturated heterocycles. The van der Waals surface area contributed by atoms with Crippen molar-refractivity contribution in [1.82, 2.24) is 5.32 Å². The zero-order chi connectivity index (χ0) is 14.7. The SMILES string of the molecule is CCNCc1c(F)cccc1N1CCCc2ccccc21. The van der Waals surface area contributed by atoms with Crippen molar-refractivity contribution < 1.29 is 4.39 Å². The number of fused-ring (bicyclic) bond motifs is 1. The molecular formula is C18H21FN2. The van der Waals surface area contributed by atoms with Crippen LogP contribution >= 0.6 is 0 Å². The number of nitrogens with zero attached hydrogens (tertiary/aromatic N) is 1. The molecule has 2 aromatic carbocycles. The van der Waals surface area contributed by atoms with Crippen LogP contribution in [0.3, 0.4) is 0 Å². The van der Waals surface area contributed by atoms with Gasteiger partial charge in [-0.2, -0.15) is 0 Å². The normalized spacial score (nSPS) is 14.1. The number of hydrogen-bond acceptors (Lipinski definition) is 2. The molecule has 0 radical (unpaired) electrons. The smallest absolute Gasteiger partial charge is 0.129 e. The van der Waals surface area contributed by atoms with Crippen molar-refractivity contribution in [3.63, 3.8) is 0 Å². The molecule has 1 aliphatic heterocycles. The highest BCUT2D eigenvalue weighted by Crippen LogP contribution is 2.35. The molecule has 3 rings (SSSR count). The summed E-state index contributed by atoms with van der Waals surface area (Å²) in [5.74, 6) is -0.128. The van der Waals surface area contributed by atoms with Crippen LogP contribution in [-0.2, 0) is 13.0 Å². The first-order valence-electron chi connectivity index (χ1n) is 7.65. The molecule has 1 aliphatic rings. The molecule has 0 atom stereocenters. The fourth-order valence-electron chi connectivity index (χ4n) is 3.01. The Bertz CT molecular complexity index is 624. The lowest BCUT2D eigenvalue weighted by Gasteiger charge is -2.33. The molecule has 0 bridgehead atoms. The zero-order valence-corrected chi connectivity index (χ0v) is 12.4. The Morgan fingerprint density at radius 3 is 2.76 bits per heavy atom. The Labute approximate surface area is 125 Å². The summed E-state index contributed by atoms with van der Waals surface area (Å²) in [7, 11) is 0. The van der Waals surface area contributed by atoms with Crippen LogP contribution in [0.4, 0.5) is 15.8 Å². The molecule has 21 heavy (non-hydrogen) atoms. The molecule has 0 spiro atoms. The maximum absolute atomic E-state index is 14.2. The van der Waals surface area contributed by atoms with Crippen molar-refractivity contribution in [2.24, 2.45) is 0 Å². The first-order chi connectivity index (χ1) is 10.3. The molecule has 0 unspecified atom stereocenters. The molecule has 2 nitrogen and oxygen atoms in total. The minimum absolute atomic E-state index is 0.128. The third-order valence-electron chi connectivity index (χ3n) is 4.05. The third kappa shape index (κ3) is 2.79. The highest BCUT2D eigenvalue weighted by Gasteiger charge is 2.21. The van der Waals surface area contributed by atoms with Crippen molar-refractivity contribution in [2.45, 2.75) is 26.3 Å². The van der Waals surface area contributed by atoms with Crippen LogP contribution in [0.15, 0.2) is 42.5 Å². The fraction of sp³-hybridized carbons (Fsp3) is 0.333. The number of anilines is 2. The largest absolute Gasteiger partial charge is 0.341 e. The van der Waals surface area contributed by atoms with Crippen LogP contribution in [0.1, 0.15) is 24.5 Å². The van der Waals surface area contributed by atoms with E-state index < -0.39 is 0 Å². The van der Waals surface area contributed by atoms with Crippen molar-refractivity contribution in [2.75, 3.05) is 18.0 Å². The second kappa shape index (κ2) is 6.27. The van der Waals surface area contributed by atoms with Gasteiger partial charge in [0.05, 0.1) is 0 Å². The molecule has 3 heteroatoms. The summed E-state index contributed by atoms with van der Waals surface area (Å²) in [4.78, 5) is 2.26. The van der Waals surface area contributed by atoms with Gasteiger partial charge >= 0.3 is 0 Å². The monoisotopic (exact) mass is 284 g/mol. The zero-order valence-electron chi connectivity index (χ0n) is 12.4. The number of rotatable bonds is 4. The van der Waals surface area contributed by atoms with Crippen LogP contribution in [0.25, 0.3) is 0 Å². The van der Waals surface area contributed by atoms with E-state index in [0.29, 0.717) is 6.54 Å². The van der Waals surface area contributed by atoms with Gasteiger partial charge in [-0.05, 0) is 43.1 Å². The Morgan fingerprint density at radius 2 is 1.90 bits per heavy atom. The van der Waals surface area contributed by atoms with Crippen molar-refractivity contribution in [1.29, 1.82) is 0 Å². The summed E-state index contributed by atoms with van der Waals surface area (Å²) in [5, 5.41) is 3.24. The third-order valence-corrected chi connectivity index (χ3v) is 4.05. The minimum atomic E-state index is -0.128. The van der Waals surface area contributed by atoms with E-state index in [1.54, 1.807) is 12.1 Å². The predicted octanol–water partition coefficient (Wildman–Crippen LogP) is 4.02. The summed E-state index contributed by atoms with van der Waals surface area (Å²) in [5.41, 5.74) is 4.31. The Hall–Kier alpha value is -1.87. The van der Waals surface area contributed by atoms with Gasteiger partial charge in [-0.1, -0.05) is 31.2 Å². The number of nitrogens with one attached hydrogen (secondary N) is 1. The van der Waals surface area contributed by atoms with E-state index in [1.807, 2.05) is 13.0 Å². The molecule has 0 saturated carbocycles. The molecule has 2 aromatic rings. The van der Waals surface area contributed by atoms with Crippen LogP contribution in [-0.4, -0.2) is 13.1 Å². The summed E-state index contributed by atoms with van der Waals surface area (Å²) in [6.45, 7) is 4.39. The second-order valence-electron chi connectivity index (χ2n) is 5.40. The summed E-state index contributed by atoms with van der Waals surface area (Å²) in [6.07, 6.45) is 2.21. The molecule has 0 aliphatic carbocycles. The Balaban J connectivity index is 2.03. The minimum Gasteiger partial charge on any atom is -0.341 e. The maximum Gasteiger partial charge on any atom is 0.129 e. The van der Waals surface area contributed by atoms with Gasteiger partial charge in [-0.15, -0.1) is 0 Å². The molecule has 110 valence electrons. The first kappa shape index (κ1) is 14.1. The summed E-state index contributed by atoms with van der Waals surface area (Å²) in [6, 6.07) is 13.8. The van der Waals surface area contributed by atoms with Gasteiger partial charge in [0.25, 0.3) is 0 Å². The molecule has 1 heterocycles. The number of para-hydroxylation sites is 1. The van der Waals surface area contributed by atoms with Gasteiger partial charge in [-0.3, -0.25) is 0 Å². The van der Waals surface area contributed by atoms with Crippen LogP contribution in [0.5, 0.6) is 0 Å². The van der Waals surface area contributed by atoms with E-state index in [2.05, 4.69) is 34.5 Å². The molecule has 0 amide bonds. The van der Waals surface area contributed by atoms with Gasteiger partial charge in [0.15, 0.2) is 0 Å². The highest BCUT2D eigenvalue weighted by atomic mass is 19.1. The van der Waals surface area contributed by atoms with Gasteiger partial charge in [-0.25, -0.2) is 4.39 Å². The second-order valence-corrected chi connectivity index (χ2v) is 5.40. The van der Waals surface area contributed by atoms with Crippen molar-refractivity contribution in [3.8, 4) is 0 Å². The van der Waals surface area contributed by atoms with E-state index in [9.17, 15) is 4.39 Å². The molecular weight excluding hydrogens is 263 g/mol. The molecule has 0 fully saturated rings. The Kier molecular flexibility index (Phi) is 4.20. The lowest BCUT2D eigenvalue weighted by molar-refractivity contribution is 0.592. The number of aryl methyl sites for hydroxylation is 1. The lowest BCUT2D eigenvalue weighted by Crippen LogP contribution is -2.26. The number of hydrogen-bond donors (Lipinski definition) is 1. The van der Waals surface area contributed by atoms with E-state index in [0.717, 1.165) is 37.2 Å². The summed E-state index contributed by atoms with van der Waals surface area (Å²) >= 11 is 0. The van der Waals surface area contributed by atoms with Crippen LogP contribution in [0, 0.1) is 5.82 Å². The first-order valence-corrected chi connectivity index (χ1v) is 7.65. The topological polar surface area (TPSA) is 15.3 Å². The standard InChI is InChI=1S/C18H21FN2/c1-2-20-13-15-16(19)9-5-11-18(15)21-12-6-8-14-7-3-4-10-17(14)21/h3-5,7,9-11,20H,2,6,8,12-13H2,1H3. The van der Waals surface area contributed by atoms with Crippen LogP contribution in [0.2, 0.25) is 0 Å². The van der Waals surface area contributed by atoms with Gasteiger partial charge in [0.2, 0.25) is 0 Å². The highest BCUT2D eigenvalue weighted by molar-refractivity contribution is 5.70. The van der Waals surface area contributed by atoms with Gasteiger partial charge in [0.1, 0.15) is 5.82 Å². The predicted molar refractivity (Wildman–Crippen MR) is 85.5 cm³/mol. The van der Waals surface area contributed by atoms with E-state index in [1.165, 1.54) is 11.3 Å². The average molecular weight is 284 g/mol. The van der Waals surface area contributed by atoms with Gasteiger partial charge in [0, 0.05) is 30.0 Å². The van der Waals surface area contributed by atoms with Gasteiger partial charge < -0.3 is 10.2 Å². The lowest BCUT2D eigenvalue weighted by atomic mass is 10.00.